The van der Waals surface area contributed by atoms with Crippen molar-refractivity contribution >= 4 is 17.3 Å². The number of nitrogens with two attached hydrogens (primary N) is 1. The lowest BCUT2D eigenvalue weighted by atomic mass is 10.0. The van der Waals surface area contributed by atoms with Crippen LogP contribution in [0.2, 0.25) is 5.02 Å². The first-order valence-corrected chi connectivity index (χ1v) is 6.87. The number of hydrogen-bond donors (Lipinski definition) is 1. The highest BCUT2D eigenvalue weighted by molar-refractivity contribution is 6.31. The second kappa shape index (κ2) is 5.91. The summed E-state index contributed by atoms with van der Waals surface area (Å²) < 4.78 is 0. The van der Waals surface area contributed by atoms with Gasteiger partial charge >= 0.3 is 0 Å². The van der Waals surface area contributed by atoms with E-state index in [1.54, 1.807) is 0 Å². The van der Waals surface area contributed by atoms with Crippen molar-refractivity contribution in [2.24, 2.45) is 0 Å². The Labute approximate surface area is 115 Å². The van der Waals surface area contributed by atoms with Crippen molar-refractivity contribution in [3.63, 3.8) is 0 Å². The first kappa shape index (κ1) is 13.7. The highest BCUT2D eigenvalue weighted by Gasteiger charge is 2.21. The van der Waals surface area contributed by atoms with E-state index in [1.807, 2.05) is 18.2 Å². The summed E-state index contributed by atoms with van der Waals surface area (Å²) in [4.78, 5) is 4.76. The number of likely N-dealkylation sites (tertiary alicyclic amines) is 1. The zero-order valence-electron chi connectivity index (χ0n) is 11.2. The van der Waals surface area contributed by atoms with Gasteiger partial charge in [0, 0.05) is 28.9 Å². The standard InChI is InChI=1S/C14H22ClN3/c1-17(2)11-6-8-18(9-7-11)10-12-13(15)4-3-5-14(12)16/h3-5,11H,6-10,16H2,1-2H3. The number of piperidine rings is 1. The minimum absolute atomic E-state index is 0.713. The maximum atomic E-state index is 6.21. The molecule has 1 saturated heterocycles. The van der Waals surface area contributed by atoms with E-state index >= 15 is 0 Å². The molecule has 1 aromatic carbocycles. The lowest BCUT2D eigenvalue weighted by Crippen LogP contribution is -2.41. The number of nitrogen functional groups attached to an aromatic ring is 1. The minimum atomic E-state index is 0.713. The van der Waals surface area contributed by atoms with E-state index in [2.05, 4.69) is 23.9 Å². The van der Waals surface area contributed by atoms with Crippen LogP contribution in [0.3, 0.4) is 0 Å². The van der Waals surface area contributed by atoms with E-state index in [9.17, 15) is 0 Å². The van der Waals surface area contributed by atoms with Gasteiger partial charge in [0.05, 0.1) is 0 Å². The Hall–Kier alpha value is -0.770. The summed E-state index contributed by atoms with van der Waals surface area (Å²) in [6.45, 7) is 3.10. The van der Waals surface area contributed by atoms with Gasteiger partial charge in [-0.05, 0) is 52.2 Å². The monoisotopic (exact) mass is 267 g/mol. The zero-order valence-corrected chi connectivity index (χ0v) is 12.0. The molecular formula is C14H22ClN3. The molecule has 1 aliphatic heterocycles. The Kier molecular flexibility index (Phi) is 4.49. The molecule has 0 aromatic heterocycles. The van der Waals surface area contributed by atoms with E-state index < -0.39 is 0 Å². The number of anilines is 1. The van der Waals surface area contributed by atoms with Crippen LogP contribution in [-0.2, 0) is 6.54 Å². The molecule has 1 heterocycles. The molecule has 0 atom stereocenters. The quantitative estimate of drug-likeness (QED) is 0.854. The van der Waals surface area contributed by atoms with Crippen molar-refractivity contribution < 1.29 is 0 Å². The number of rotatable bonds is 3. The van der Waals surface area contributed by atoms with E-state index in [0.29, 0.717) is 6.04 Å². The van der Waals surface area contributed by atoms with Gasteiger partial charge in [-0.15, -0.1) is 0 Å². The number of hydrogen-bond acceptors (Lipinski definition) is 3. The zero-order chi connectivity index (χ0) is 13.1. The maximum Gasteiger partial charge on any atom is 0.0471 e. The fraction of sp³-hybridized carbons (Fsp3) is 0.571. The van der Waals surface area contributed by atoms with Crippen molar-refractivity contribution in [2.75, 3.05) is 32.9 Å². The predicted molar refractivity (Wildman–Crippen MR) is 77.9 cm³/mol. The summed E-state index contributed by atoms with van der Waals surface area (Å²) in [5.74, 6) is 0. The Morgan fingerprint density at radius 3 is 2.56 bits per heavy atom. The average Bonchev–Trinajstić information content (AvgIpc) is 2.34. The van der Waals surface area contributed by atoms with Crippen molar-refractivity contribution in [1.82, 2.24) is 9.80 Å². The van der Waals surface area contributed by atoms with E-state index in [4.69, 9.17) is 17.3 Å². The summed E-state index contributed by atoms with van der Waals surface area (Å²) in [7, 11) is 4.32. The van der Waals surface area contributed by atoms with Crippen LogP contribution in [0.15, 0.2) is 18.2 Å². The van der Waals surface area contributed by atoms with E-state index in [0.717, 1.165) is 35.9 Å². The van der Waals surface area contributed by atoms with Crippen molar-refractivity contribution in [1.29, 1.82) is 0 Å². The number of halogens is 1. The first-order valence-electron chi connectivity index (χ1n) is 6.49. The topological polar surface area (TPSA) is 32.5 Å². The van der Waals surface area contributed by atoms with Crippen LogP contribution in [0.25, 0.3) is 0 Å². The molecule has 0 radical (unpaired) electrons. The third-order valence-corrected chi connectivity index (χ3v) is 4.18. The molecule has 0 saturated carbocycles. The molecule has 0 unspecified atom stereocenters. The highest BCUT2D eigenvalue weighted by Crippen LogP contribution is 2.25. The van der Waals surface area contributed by atoms with Gasteiger partial charge in [0.1, 0.15) is 0 Å². The van der Waals surface area contributed by atoms with Crippen LogP contribution in [0, 0.1) is 0 Å². The summed E-state index contributed by atoms with van der Waals surface area (Å²) in [5, 5.41) is 0.782. The molecule has 0 aliphatic carbocycles. The van der Waals surface area contributed by atoms with Crippen molar-refractivity contribution in [3.05, 3.63) is 28.8 Å². The van der Waals surface area contributed by atoms with Crippen LogP contribution in [0.1, 0.15) is 18.4 Å². The average molecular weight is 268 g/mol. The first-order chi connectivity index (χ1) is 8.58. The van der Waals surface area contributed by atoms with Crippen molar-refractivity contribution in [2.45, 2.75) is 25.4 Å². The maximum absolute atomic E-state index is 6.21. The van der Waals surface area contributed by atoms with Gasteiger partial charge in [0.2, 0.25) is 0 Å². The molecule has 0 spiro atoms. The van der Waals surface area contributed by atoms with Gasteiger partial charge in [-0.1, -0.05) is 17.7 Å². The summed E-state index contributed by atoms with van der Waals surface area (Å²) in [5.41, 5.74) is 7.87. The molecule has 0 bridgehead atoms. The Balaban J connectivity index is 1.96. The van der Waals surface area contributed by atoms with Crippen LogP contribution in [0.5, 0.6) is 0 Å². The van der Waals surface area contributed by atoms with Gasteiger partial charge in [-0.25, -0.2) is 0 Å². The van der Waals surface area contributed by atoms with Crippen LogP contribution >= 0.6 is 11.6 Å². The van der Waals surface area contributed by atoms with Crippen LogP contribution in [-0.4, -0.2) is 43.0 Å². The molecule has 1 fully saturated rings. The van der Waals surface area contributed by atoms with Gasteiger partial charge in [0.15, 0.2) is 0 Å². The SMILES string of the molecule is CN(C)C1CCN(Cc2c(N)cccc2Cl)CC1. The number of nitrogens with zero attached hydrogens (tertiary/aromatic N) is 2. The normalized spacial score (nSPS) is 18.4. The fourth-order valence-electron chi connectivity index (χ4n) is 2.56. The predicted octanol–water partition coefficient (Wildman–Crippen LogP) is 2.45. The molecular weight excluding hydrogens is 246 g/mol. The summed E-state index contributed by atoms with van der Waals surface area (Å²) in [6, 6.07) is 6.46. The molecule has 100 valence electrons. The molecule has 2 N–H and O–H groups in total. The van der Waals surface area contributed by atoms with E-state index in [1.165, 1.54) is 12.8 Å². The smallest absolute Gasteiger partial charge is 0.0471 e. The molecule has 1 aliphatic rings. The van der Waals surface area contributed by atoms with Crippen molar-refractivity contribution in [3.8, 4) is 0 Å². The second-order valence-electron chi connectivity index (χ2n) is 5.28. The molecule has 4 heteroatoms. The minimum Gasteiger partial charge on any atom is -0.398 e. The lowest BCUT2D eigenvalue weighted by Gasteiger charge is -2.35. The Bertz CT molecular complexity index is 378. The van der Waals surface area contributed by atoms with Gasteiger partial charge < -0.3 is 10.6 Å². The molecule has 3 nitrogen and oxygen atoms in total. The van der Waals surface area contributed by atoms with Gasteiger partial charge in [0.25, 0.3) is 0 Å². The second-order valence-corrected chi connectivity index (χ2v) is 5.69. The summed E-state index contributed by atoms with van der Waals surface area (Å²) in [6.07, 6.45) is 2.44. The highest BCUT2D eigenvalue weighted by atomic mass is 35.5. The lowest BCUT2D eigenvalue weighted by molar-refractivity contribution is 0.140. The molecule has 18 heavy (non-hydrogen) atoms. The van der Waals surface area contributed by atoms with Gasteiger partial charge in [-0.2, -0.15) is 0 Å². The summed E-state index contributed by atoms with van der Waals surface area (Å²) >= 11 is 6.21. The molecule has 2 rings (SSSR count). The van der Waals surface area contributed by atoms with Gasteiger partial charge in [-0.3, -0.25) is 4.90 Å². The Morgan fingerprint density at radius 2 is 2.00 bits per heavy atom. The van der Waals surface area contributed by atoms with Crippen LogP contribution < -0.4 is 5.73 Å². The molecule has 0 amide bonds. The largest absolute Gasteiger partial charge is 0.398 e. The third-order valence-electron chi connectivity index (χ3n) is 3.82. The Morgan fingerprint density at radius 1 is 1.33 bits per heavy atom. The van der Waals surface area contributed by atoms with Crippen LogP contribution in [0.4, 0.5) is 5.69 Å². The number of benzene rings is 1. The molecule has 1 aromatic rings. The van der Waals surface area contributed by atoms with E-state index in [-0.39, 0.29) is 0 Å². The fourth-order valence-corrected chi connectivity index (χ4v) is 2.80. The third kappa shape index (κ3) is 3.16.